The molecule has 0 N–H and O–H groups in total. The van der Waals surface area contributed by atoms with Crippen molar-refractivity contribution in [3.05, 3.63) is 35.4 Å². The number of halogens is 1. The van der Waals surface area contributed by atoms with Crippen LogP contribution >= 0.6 is 11.6 Å². The molecule has 0 aliphatic heterocycles. The van der Waals surface area contributed by atoms with E-state index in [-0.39, 0.29) is 11.3 Å². The van der Waals surface area contributed by atoms with Crippen molar-refractivity contribution in [2.75, 3.05) is 25.6 Å². The molecule has 0 radical (unpaired) electrons. The Morgan fingerprint density at radius 1 is 1.15 bits per heavy atom. The fourth-order valence-corrected chi connectivity index (χ4v) is 1.72. The maximum absolute atomic E-state index is 5.83. The average molecular weight is 294 g/mol. The summed E-state index contributed by atoms with van der Waals surface area (Å²) in [5, 5.41) is 0.132. The molecule has 0 saturated carbocycles. The average Bonchev–Trinajstić information content (AvgIpc) is 2.44. The van der Waals surface area contributed by atoms with E-state index in [4.69, 9.17) is 16.3 Å². The highest BCUT2D eigenvalue weighted by atomic mass is 35.5. The first-order valence-electron chi connectivity index (χ1n) is 6.26. The highest BCUT2D eigenvalue weighted by Crippen LogP contribution is 2.13. The normalized spacial score (nSPS) is 10.3. The Morgan fingerprint density at radius 3 is 2.60 bits per heavy atom. The lowest BCUT2D eigenvalue weighted by molar-refractivity contribution is 0.286. The van der Waals surface area contributed by atoms with Gasteiger partial charge in [-0.3, -0.25) is 4.98 Å². The second kappa shape index (κ2) is 7.00. The number of ether oxygens (including phenoxy) is 1. The Hall–Kier alpha value is -1.95. The van der Waals surface area contributed by atoms with Crippen molar-refractivity contribution >= 4 is 17.5 Å². The van der Waals surface area contributed by atoms with Crippen LogP contribution in [0.5, 0.6) is 6.01 Å². The van der Waals surface area contributed by atoms with Gasteiger partial charge < -0.3 is 9.64 Å². The monoisotopic (exact) mass is 293 g/mol. The van der Waals surface area contributed by atoms with Crippen LogP contribution in [-0.2, 0) is 6.42 Å². The van der Waals surface area contributed by atoms with Gasteiger partial charge in [-0.15, -0.1) is 0 Å². The number of hydrogen-bond donors (Lipinski definition) is 0. The standard InChI is InChI=1S/C13H16ClN5O/c1-19(2)12-16-11(14)17-13(18-12)20-9-3-4-10-5-7-15-8-6-10/h5-8H,3-4,9H2,1-2H3. The van der Waals surface area contributed by atoms with Crippen molar-refractivity contribution in [3.63, 3.8) is 0 Å². The molecule has 2 aromatic heterocycles. The minimum Gasteiger partial charge on any atom is -0.463 e. The van der Waals surface area contributed by atoms with Crippen molar-refractivity contribution in [2.24, 2.45) is 0 Å². The van der Waals surface area contributed by atoms with Gasteiger partial charge in [-0.1, -0.05) is 0 Å². The fraction of sp³-hybridized carbons (Fsp3) is 0.385. The molecule has 6 nitrogen and oxygen atoms in total. The molecular formula is C13H16ClN5O. The summed E-state index contributed by atoms with van der Waals surface area (Å²) in [4.78, 5) is 17.8. The summed E-state index contributed by atoms with van der Waals surface area (Å²) in [7, 11) is 3.66. The number of aromatic nitrogens is 4. The van der Waals surface area contributed by atoms with Gasteiger partial charge in [-0.05, 0) is 42.1 Å². The van der Waals surface area contributed by atoms with Crippen LogP contribution in [0.3, 0.4) is 0 Å². The van der Waals surface area contributed by atoms with Gasteiger partial charge in [-0.2, -0.15) is 15.0 Å². The van der Waals surface area contributed by atoms with Crippen LogP contribution in [0.2, 0.25) is 5.28 Å². The number of anilines is 1. The Bertz CT molecular complexity index is 550. The Labute approximate surface area is 122 Å². The van der Waals surface area contributed by atoms with Gasteiger partial charge in [0.25, 0.3) is 0 Å². The van der Waals surface area contributed by atoms with Gasteiger partial charge in [0.15, 0.2) is 0 Å². The molecule has 0 aromatic carbocycles. The smallest absolute Gasteiger partial charge is 0.322 e. The second-order valence-corrected chi connectivity index (χ2v) is 4.73. The van der Waals surface area contributed by atoms with Crippen molar-refractivity contribution in [1.82, 2.24) is 19.9 Å². The summed E-state index contributed by atoms with van der Waals surface area (Å²) >= 11 is 5.83. The lowest BCUT2D eigenvalue weighted by atomic mass is 10.1. The quantitative estimate of drug-likeness (QED) is 0.759. The zero-order valence-electron chi connectivity index (χ0n) is 11.5. The molecule has 106 valence electrons. The van der Waals surface area contributed by atoms with Crippen molar-refractivity contribution in [3.8, 4) is 6.01 Å². The lowest BCUT2D eigenvalue weighted by Crippen LogP contribution is -2.14. The van der Waals surface area contributed by atoms with E-state index in [2.05, 4.69) is 19.9 Å². The summed E-state index contributed by atoms with van der Waals surface area (Å²) in [5.74, 6) is 0.481. The third kappa shape index (κ3) is 4.31. The highest BCUT2D eigenvalue weighted by molar-refractivity contribution is 6.28. The van der Waals surface area contributed by atoms with Crippen LogP contribution in [0.15, 0.2) is 24.5 Å². The van der Waals surface area contributed by atoms with E-state index in [0.29, 0.717) is 12.6 Å². The van der Waals surface area contributed by atoms with Gasteiger partial charge in [-0.25, -0.2) is 0 Å². The molecule has 0 amide bonds. The maximum Gasteiger partial charge on any atom is 0.322 e. The van der Waals surface area contributed by atoms with Crippen LogP contribution in [0.4, 0.5) is 5.95 Å². The molecular weight excluding hydrogens is 278 g/mol. The Kier molecular flexibility index (Phi) is 5.06. The third-order valence-electron chi connectivity index (χ3n) is 2.57. The number of rotatable bonds is 6. The topological polar surface area (TPSA) is 64.0 Å². The molecule has 0 aliphatic rings. The molecule has 2 heterocycles. The molecule has 0 unspecified atom stereocenters. The summed E-state index contributed by atoms with van der Waals surface area (Å²) in [6.45, 7) is 0.523. The van der Waals surface area contributed by atoms with Gasteiger partial charge in [0.05, 0.1) is 6.61 Å². The van der Waals surface area contributed by atoms with Crippen LogP contribution in [-0.4, -0.2) is 40.6 Å². The van der Waals surface area contributed by atoms with E-state index < -0.39 is 0 Å². The molecule has 0 fully saturated rings. The molecule has 0 saturated heterocycles. The fourth-order valence-electron chi connectivity index (χ4n) is 1.58. The van der Waals surface area contributed by atoms with Crippen LogP contribution in [0.1, 0.15) is 12.0 Å². The predicted molar refractivity (Wildman–Crippen MR) is 77.2 cm³/mol. The van der Waals surface area contributed by atoms with E-state index in [1.54, 1.807) is 17.3 Å². The summed E-state index contributed by atoms with van der Waals surface area (Å²) in [5.41, 5.74) is 1.23. The second-order valence-electron chi connectivity index (χ2n) is 4.39. The molecule has 0 aliphatic carbocycles. The van der Waals surface area contributed by atoms with Crippen LogP contribution < -0.4 is 9.64 Å². The van der Waals surface area contributed by atoms with Crippen LogP contribution in [0.25, 0.3) is 0 Å². The lowest BCUT2D eigenvalue weighted by Gasteiger charge is -2.11. The Morgan fingerprint density at radius 2 is 1.90 bits per heavy atom. The van der Waals surface area contributed by atoms with E-state index in [1.165, 1.54) is 5.56 Å². The van der Waals surface area contributed by atoms with Gasteiger partial charge in [0.2, 0.25) is 11.2 Å². The first-order chi connectivity index (χ1) is 9.65. The SMILES string of the molecule is CN(C)c1nc(Cl)nc(OCCCc2ccncc2)n1. The zero-order valence-corrected chi connectivity index (χ0v) is 12.2. The van der Waals surface area contributed by atoms with Crippen molar-refractivity contribution in [1.29, 1.82) is 0 Å². The number of hydrogen-bond acceptors (Lipinski definition) is 6. The van der Waals surface area contributed by atoms with Gasteiger partial charge in [0.1, 0.15) is 0 Å². The van der Waals surface area contributed by atoms with E-state index >= 15 is 0 Å². The summed E-state index contributed by atoms with van der Waals surface area (Å²) < 4.78 is 5.51. The number of nitrogens with zero attached hydrogens (tertiary/aromatic N) is 5. The first kappa shape index (κ1) is 14.5. The van der Waals surface area contributed by atoms with Crippen molar-refractivity contribution in [2.45, 2.75) is 12.8 Å². The van der Waals surface area contributed by atoms with Crippen molar-refractivity contribution < 1.29 is 4.74 Å². The van der Waals surface area contributed by atoms with Gasteiger partial charge in [0, 0.05) is 26.5 Å². The molecule has 0 spiro atoms. The minimum absolute atomic E-state index is 0.132. The molecule has 2 aromatic rings. The molecule has 0 bridgehead atoms. The third-order valence-corrected chi connectivity index (χ3v) is 2.74. The first-order valence-corrected chi connectivity index (χ1v) is 6.63. The molecule has 20 heavy (non-hydrogen) atoms. The minimum atomic E-state index is 0.132. The number of pyridine rings is 1. The summed E-state index contributed by atoms with van der Waals surface area (Å²) in [6, 6.07) is 4.23. The Balaban J connectivity index is 1.85. The van der Waals surface area contributed by atoms with Crippen LogP contribution in [0, 0.1) is 0 Å². The van der Waals surface area contributed by atoms with E-state index in [9.17, 15) is 0 Å². The van der Waals surface area contributed by atoms with E-state index in [0.717, 1.165) is 12.8 Å². The molecule has 2 rings (SSSR count). The van der Waals surface area contributed by atoms with Gasteiger partial charge >= 0.3 is 6.01 Å². The van der Waals surface area contributed by atoms with E-state index in [1.807, 2.05) is 26.2 Å². The molecule has 0 atom stereocenters. The zero-order chi connectivity index (χ0) is 14.4. The largest absolute Gasteiger partial charge is 0.463 e. The molecule has 7 heteroatoms. The predicted octanol–water partition coefficient (Wildman–Crippen LogP) is 2.00. The highest BCUT2D eigenvalue weighted by Gasteiger charge is 2.07. The summed E-state index contributed by atoms with van der Waals surface area (Å²) in [6.07, 6.45) is 5.35. The maximum atomic E-state index is 5.83. The number of aryl methyl sites for hydroxylation is 1.